The predicted molar refractivity (Wildman–Crippen MR) is 49.9 cm³/mol. The number of carbonyl (C=O) groups is 1. The second-order valence-corrected chi connectivity index (χ2v) is 2.76. The van der Waals surface area contributed by atoms with Gasteiger partial charge in [0.25, 0.3) is 5.24 Å². The number of nitrogens with one attached hydrogen (secondary N) is 2. The smallest absolute Gasteiger partial charge is 0.296 e. The lowest BCUT2D eigenvalue weighted by Crippen LogP contribution is -2.25. The highest BCUT2D eigenvalue weighted by Gasteiger charge is 1.94. The second-order valence-electron chi connectivity index (χ2n) is 1.98. The minimum atomic E-state index is -0.126. The van der Waals surface area contributed by atoms with Gasteiger partial charge >= 0.3 is 0 Å². The molecular formula is C7H9N3OS. The van der Waals surface area contributed by atoms with E-state index >= 15 is 0 Å². The first kappa shape index (κ1) is 8.86. The molecule has 1 aromatic rings. The van der Waals surface area contributed by atoms with Crippen LogP contribution in [-0.4, -0.2) is 16.5 Å². The summed E-state index contributed by atoms with van der Waals surface area (Å²) in [5, 5.41) is -0.126. The molecule has 0 aliphatic carbocycles. The Hall–Kier alpha value is -1.23. The maximum atomic E-state index is 10.8. The number of pyridine rings is 1. The van der Waals surface area contributed by atoms with Crippen LogP contribution in [0.2, 0.25) is 0 Å². The third-order valence-electron chi connectivity index (χ3n) is 1.16. The van der Waals surface area contributed by atoms with Crippen LogP contribution in [0.25, 0.3) is 0 Å². The van der Waals surface area contributed by atoms with E-state index in [2.05, 4.69) is 15.8 Å². The van der Waals surface area contributed by atoms with Crippen molar-refractivity contribution in [3.63, 3.8) is 0 Å². The average molecular weight is 183 g/mol. The normalized spacial score (nSPS) is 9.08. The van der Waals surface area contributed by atoms with Gasteiger partial charge in [0.05, 0.1) is 11.9 Å². The Balaban J connectivity index is 2.38. The lowest BCUT2D eigenvalue weighted by Gasteiger charge is -2.04. The molecule has 0 radical (unpaired) electrons. The lowest BCUT2D eigenvalue weighted by molar-refractivity contribution is 0.262. The van der Waals surface area contributed by atoms with Crippen LogP contribution in [0.3, 0.4) is 0 Å². The van der Waals surface area contributed by atoms with E-state index in [0.717, 1.165) is 17.4 Å². The van der Waals surface area contributed by atoms with Gasteiger partial charge in [-0.15, -0.1) is 0 Å². The lowest BCUT2D eigenvalue weighted by atomic mass is 10.4. The summed E-state index contributed by atoms with van der Waals surface area (Å²) in [6.07, 6.45) is 5.00. The molecule has 1 aromatic heterocycles. The first-order chi connectivity index (χ1) is 5.83. The number of thioether (sulfide) groups is 1. The summed E-state index contributed by atoms with van der Waals surface area (Å²) in [6.45, 7) is 0. The fourth-order valence-corrected chi connectivity index (χ4v) is 0.764. The standard InChI is InChI=1S/C7H9N3OS/c1-12-7(11)10-9-6-3-2-4-8-5-6/h2-5,9H,1H3,(H,10,11). The summed E-state index contributed by atoms with van der Waals surface area (Å²) in [5.41, 5.74) is 5.96. The third kappa shape index (κ3) is 2.79. The van der Waals surface area contributed by atoms with Gasteiger partial charge in [-0.1, -0.05) is 11.8 Å². The Morgan fingerprint density at radius 1 is 1.67 bits per heavy atom. The van der Waals surface area contributed by atoms with Crippen molar-refractivity contribution < 1.29 is 4.79 Å². The number of hydrogen-bond acceptors (Lipinski definition) is 4. The zero-order chi connectivity index (χ0) is 8.81. The van der Waals surface area contributed by atoms with Gasteiger partial charge in [0.15, 0.2) is 0 Å². The van der Waals surface area contributed by atoms with E-state index in [1.54, 1.807) is 24.7 Å². The average Bonchev–Trinajstić information content (AvgIpc) is 2.16. The summed E-state index contributed by atoms with van der Waals surface area (Å²) in [6, 6.07) is 3.60. The van der Waals surface area contributed by atoms with Gasteiger partial charge in [0.1, 0.15) is 0 Å². The number of hydrazine groups is 1. The van der Waals surface area contributed by atoms with Crippen LogP contribution in [0.4, 0.5) is 10.5 Å². The van der Waals surface area contributed by atoms with Crippen molar-refractivity contribution in [1.29, 1.82) is 0 Å². The van der Waals surface area contributed by atoms with Gasteiger partial charge in [-0.25, -0.2) is 0 Å². The van der Waals surface area contributed by atoms with Crippen molar-refractivity contribution >= 4 is 22.7 Å². The molecule has 0 unspecified atom stereocenters. The molecule has 0 bridgehead atoms. The van der Waals surface area contributed by atoms with E-state index in [9.17, 15) is 4.79 Å². The summed E-state index contributed by atoms with van der Waals surface area (Å²) in [5.74, 6) is 0. The minimum Gasteiger partial charge on any atom is -0.296 e. The zero-order valence-corrected chi connectivity index (χ0v) is 7.39. The Kier molecular flexibility index (Phi) is 3.40. The van der Waals surface area contributed by atoms with E-state index < -0.39 is 0 Å². The van der Waals surface area contributed by atoms with Crippen LogP contribution in [-0.2, 0) is 0 Å². The van der Waals surface area contributed by atoms with Gasteiger partial charge in [-0.2, -0.15) is 0 Å². The molecule has 0 saturated carbocycles. The zero-order valence-electron chi connectivity index (χ0n) is 6.57. The number of nitrogens with zero attached hydrogens (tertiary/aromatic N) is 1. The number of rotatable bonds is 2. The van der Waals surface area contributed by atoms with Gasteiger partial charge in [-0.05, 0) is 18.4 Å². The summed E-state index contributed by atoms with van der Waals surface area (Å²) in [4.78, 5) is 14.6. The number of carbonyl (C=O) groups excluding carboxylic acids is 1. The molecule has 5 heteroatoms. The highest BCUT2D eigenvalue weighted by atomic mass is 32.2. The third-order valence-corrected chi connectivity index (χ3v) is 1.63. The summed E-state index contributed by atoms with van der Waals surface area (Å²) < 4.78 is 0. The van der Waals surface area contributed by atoms with Crippen molar-refractivity contribution in [3.05, 3.63) is 24.5 Å². The van der Waals surface area contributed by atoms with Crippen molar-refractivity contribution in [2.75, 3.05) is 11.7 Å². The maximum absolute atomic E-state index is 10.8. The van der Waals surface area contributed by atoms with Crippen LogP contribution in [0.1, 0.15) is 0 Å². The molecule has 0 aliphatic rings. The molecule has 0 aromatic carbocycles. The van der Waals surface area contributed by atoms with E-state index in [4.69, 9.17) is 0 Å². The first-order valence-electron chi connectivity index (χ1n) is 3.33. The quantitative estimate of drug-likeness (QED) is 0.682. The van der Waals surface area contributed by atoms with E-state index in [0.29, 0.717) is 0 Å². The minimum absolute atomic E-state index is 0.126. The molecular weight excluding hydrogens is 174 g/mol. The van der Waals surface area contributed by atoms with Crippen LogP contribution in [0, 0.1) is 0 Å². The fourth-order valence-electron chi connectivity index (χ4n) is 0.611. The van der Waals surface area contributed by atoms with Gasteiger partial charge in [-0.3, -0.25) is 20.6 Å². The van der Waals surface area contributed by atoms with E-state index in [1.807, 2.05) is 6.07 Å². The van der Waals surface area contributed by atoms with Crippen molar-refractivity contribution in [1.82, 2.24) is 10.4 Å². The van der Waals surface area contributed by atoms with Crippen molar-refractivity contribution in [3.8, 4) is 0 Å². The molecule has 0 atom stereocenters. The molecule has 0 saturated heterocycles. The van der Waals surface area contributed by atoms with E-state index in [-0.39, 0.29) is 5.24 Å². The molecule has 0 spiro atoms. The van der Waals surface area contributed by atoms with Crippen molar-refractivity contribution in [2.24, 2.45) is 0 Å². The topological polar surface area (TPSA) is 54.0 Å². The highest BCUT2D eigenvalue weighted by molar-refractivity contribution is 8.12. The molecule has 4 nitrogen and oxygen atoms in total. The first-order valence-corrected chi connectivity index (χ1v) is 4.55. The monoisotopic (exact) mass is 183 g/mol. The molecule has 1 rings (SSSR count). The Morgan fingerprint density at radius 3 is 3.08 bits per heavy atom. The molecule has 64 valence electrons. The Labute approximate surface area is 74.7 Å². The Morgan fingerprint density at radius 2 is 2.50 bits per heavy atom. The Bertz CT molecular complexity index is 252. The number of aromatic nitrogens is 1. The molecule has 12 heavy (non-hydrogen) atoms. The summed E-state index contributed by atoms with van der Waals surface area (Å²) >= 11 is 1.11. The van der Waals surface area contributed by atoms with Gasteiger partial charge in [0.2, 0.25) is 0 Å². The molecule has 1 amide bonds. The van der Waals surface area contributed by atoms with Gasteiger partial charge in [0, 0.05) is 6.20 Å². The van der Waals surface area contributed by atoms with Crippen molar-refractivity contribution in [2.45, 2.75) is 0 Å². The van der Waals surface area contributed by atoms with Crippen LogP contribution in [0.15, 0.2) is 24.5 Å². The molecule has 1 heterocycles. The van der Waals surface area contributed by atoms with Crippen LogP contribution < -0.4 is 10.9 Å². The SMILES string of the molecule is CSC(=O)NNc1cccnc1. The maximum Gasteiger partial charge on any atom is 0.297 e. The molecule has 0 aliphatic heterocycles. The van der Waals surface area contributed by atoms with E-state index in [1.165, 1.54) is 0 Å². The molecule has 0 fully saturated rings. The van der Waals surface area contributed by atoms with Crippen LogP contribution >= 0.6 is 11.8 Å². The second kappa shape index (κ2) is 4.61. The van der Waals surface area contributed by atoms with Crippen LogP contribution in [0.5, 0.6) is 0 Å². The molecule has 2 N–H and O–H groups in total. The number of amides is 1. The fraction of sp³-hybridized carbons (Fsp3) is 0.143. The highest BCUT2D eigenvalue weighted by Crippen LogP contribution is 2.01. The largest absolute Gasteiger partial charge is 0.297 e. The van der Waals surface area contributed by atoms with Gasteiger partial charge < -0.3 is 0 Å². The number of hydrogen-bond donors (Lipinski definition) is 2. The predicted octanol–water partition coefficient (Wildman–Crippen LogP) is 1.48. The number of anilines is 1. The summed E-state index contributed by atoms with van der Waals surface area (Å²) in [7, 11) is 0.